The first-order valence-corrected chi connectivity index (χ1v) is 3.57. The lowest BCUT2D eigenvalue weighted by atomic mass is 10.2. The van der Waals surface area contributed by atoms with Gasteiger partial charge in [0.2, 0.25) is 0 Å². The van der Waals surface area contributed by atoms with Gasteiger partial charge in [-0.1, -0.05) is 5.57 Å². The summed E-state index contributed by atoms with van der Waals surface area (Å²) >= 11 is 0. The van der Waals surface area contributed by atoms with Gasteiger partial charge in [-0.15, -0.1) is 0 Å². The highest BCUT2D eigenvalue weighted by Crippen LogP contribution is 1.98. The first kappa shape index (κ1) is 10.7. The highest BCUT2D eigenvalue weighted by atomic mass is 16.5. The number of carbonyl (C=O) groups is 2. The second-order valence-corrected chi connectivity index (χ2v) is 2.20. The normalized spacial score (nSPS) is 10.6. The van der Waals surface area contributed by atoms with Gasteiger partial charge < -0.3 is 9.47 Å². The Morgan fingerprint density at radius 2 is 1.92 bits per heavy atom. The van der Waals surface area contributed by atoms with E-state index < -0.39 is 0 Å². The zero-order valence-corrected chi connectivity index (χ0v) is 6.99. The van der Waals surface area contributed by atoms with Crippen molar-refractivity contribution in [2.75, 3.05) is 13.2 Å². The van der Waals surface area contributed by atoms with E-state index in [1.165, 1.54) is 0 Å². The zero-order chi connectivity index (χ0) is 9.23. The van der Waals surface area contributed by atoms with Crippen LogP contribution in [0.1, 0.15) is 13.3 Å². The molecule has 0 aromatic carbocycles. The van der Waals surface area contributed by atoms with E-state index in [2.05, 4.69) is 9.47 Å². The molecule has 0 unspecified atom stereocenters. The summed E-state index contributed by atoms with van der Waals surface area (Å²) in [5, 5.41) is 0. The third-order valence-corrected chi connectivity index (χ3v) is 1.28. The molecular formula is C8H12O4. The number of hydrogen-bond donors (Lipinski definition) is 0. The van der Waals surface area contributed by atoms with Crippen molar-refractivity contribution in [1.82, 2.24) is 0 Å². The van der Waals surface area contributed by atoms with Gasteiger partial charge in [0.25, 0.3) is 12.9 Å². The summed E-state index contributed by atoms with van der Waals surface area (Å²) in [6, 6.07) is 0. The van der Waals surface area contributed by atoms with E-state index in [0.717, 1.165) is 5.57 Å². The molecule has 0 aliphatic rings. The van der Waals surface area contributed by atoms with Crippen LogP contribution >= 0.6 is 0 Å². The van der Waals surface area contributed by atoms with E-state index in [1.54, 1.807) is 6.08 Å². The Hall–Kier alpha value is -1.32. The fourth-order valence-corrected chi connectivity index (χ4v) is 0.600. The van der Waals surface area contributed by atoms with Gasteiger partial charge in [-0.05, 0) is 13.0 Å². The van der Waals surface area contributed by atoms with E-state index in [1.807, 2.05) is 6.92 Å². The Kier molecular flexibility index (Phi) is 6.93. The summed E-state index contributed by atoms with van der Waals surface area (Å²) < 4.78 is 8.92. The van der Waals surface area contributed by atoms with Crippen molar-refractivity contribution in [1.29, 1.82) is 0 Å². The summed E-state index contributed by atoms with van der Waals surface area (Å²) in [4.78, 5) is 19.5. The van der Waals surface area contributed by atoms with Crippen LogP contribution in [0.4, 0.5) is 0 Å². The first-order valence-electron chi connectivity index (χ1n) is 3.57. The molecule has 0 fully saturated rings. The molecule has 0 N–H and O–H groups in total. The smallest absolute Gasteiger partial charge is 0.293 e. The van der Waals surface area contributed by atoms with Crippen molar-refractivity contribution >= 4 is 12.9 Å². The predicted molar refractivity (Wildman–Crippen MR) is 42.4 cm³/mol. The van der Waals surface area contributed by atoms with Gasteiger partial charge in [-0.25, -0.2) is 0 Å². The first-order chi connectivity index (χ1) is 5.81. The second-order valence-electron chi connectivity index (χ2n) is 2.20. The number of hydrogen-bond acceptors (Lipinski definition) is 4. The Labute approximate surface area is 71.2 Å². The van der Waals surface area contributed by atoms with E-state index in [4.69, 9.17) is 0 Å². The minimum absolute atomic E-state index is 0.274. The lowest BCUT2D eigenvalue weighted by Gasteiger charge is -1.99. The molecule has 0 bridgehead atoms. The molecular weight excluding hydrogens is 160 g/mol. The molecule has 0 aromatic heterocycles. The molecule has 68 valence electrons. The molecule has 0 saturated heterocycles. The monoisotopic (exact) mass is 172 g/mol. The van der Waals surface area contributed by atoms with Crippen LogP contribution in [0.25, 0.3) is 0 Å². The summed E-state index contributed by atoms with van der Waals surface area (Å²) in [7, 11) is 0. The molecule has 0 aliphatic carbocycles. The van der Waals surface area contributed by atoms with Crippen LogP contribution in [-0.2, 0) is 19.1 Å². The lowest BCUT2D eigenvalue weighted by molar-refractivity contribution is -0.128. The average molecular weight is 172 g/mol. The van der Waals surface area contributed by atoms with Gasteiger partial charge in [0.1, 0.15) is 6.61 Å². The quantitative estimate of drug-likeness (QED) is 0.322. The third-order valence-electron chi connectivity index (χ3n) is 1.28. The van der Waals surface area contributed by atoms with Gasteiger partial charge in [0.05, 0.1) is 6.61 Å². The van der Waals surface area contributed by atoms with Crippen molar-refractivity contribution in [2.45, 2.75) is 13.3 Å². The molecule has 0 aromatic rings. The summed E-state index contributed by atoms with van der Waals surface area (Å²) in [6.45, 7) is 3.33. The molecule has 0 saturated carbocycles. The van der Waals surface area contributed by atoms with Crippen LogP contribution in [0.2, 0.25) is 0 Å². The Morgan fingerprint density at radius 3 is 2.50 bits per heavy atom. The SMILES string of the molecule is C/C(=C/COC=O)CCOC=O. The molecule has 0 heterocycles. The minimum Gasteiger partial charge on any atom is -0.468 e. The van der Waals surface area contributed by atoms with Gasteiger partial charge in [-0.3, -0.25) is 9.59 Å². The van der Waals surface area contributed by atoms with Crippen molar-refractivity contribution in [3.8, 4) is 0 Å². The molecule has 0 atom stereocenters. The van der Waals surface area contributed by atoms with Gasteiger partial charge in [0.15, 0.2) is 0 Å². The summed E-state index contributed by atoms with van der Waals surface area (Å²) in [6.07, 6.45) is 2.43. The Bertz CT molecular complexity index is 162. The summed E-state index contributed by atoms with van der Waals surface area (Å²) in [5.41, 5.74) is 1.03. The highest BCUT2D eigenvalue weighted by Gasteiger charge is 1.89. The maximum Gasteiger partial charge on any atom is 0.293 e. The Morgan fingerprint density at radius 1 is 1.25 bits per heavy atom. The second kappa shape index (κ2) is 7.78. The lowest BCUT2D eigenvalue weighted by Crippen LogP contribution is -1.94. The van der Waals surface area contributed by atoms with Crippen LogP contribution in [0, 0.1) is 0 Å². The van der Waals surface area contributed by atoms with Crippen molar-refractivity contribution in [3.63, 3.8) is 0 Å². The molecule has 12 heavy (non-hydrogen) atoms. The third kappa shape index (κ3) is 6.80. The van der Waals surface area contributed by atoms with Crippen LogP contribution in [0.5, 0.6) is 0 Å². The standard InChI is InChI=1S/C8H12O4/c1-8(2-4-11-6-9)3-5-12-7-10/h2,6-7H,3-5H2,1H3/b8-2-. The largest absolute Gasteiger partial charge is 0.468 e. The fraction of sp³-hybridized carbons (Fsp3) is 0.500. The van der Waals surface area contributed by atoms with Crippen LogP contribution in [-0.4, -0.2) is 26.2 Å². The van der Waals surface area contributed by atoms with Crippen LogP contribution < -0.4 is 0 Å². The maximum atomic E-state index is 9.73. The zero-order valence-electron chi connectivity index (χ0n) is 6.99. The van der Waals surface area contributed by atoms with E-state index >= 15 is 0 Å². The molecule has 0 amide bonds. The minimum atomic E-state index is 0.274. The van der Waals surface area contributed by atoms with Crippen molar-refractivity contribution in [3.05, 3.63) is 11.6 Å². The van der Waals surface area contributed by atoms with Crippen LogP contribution in [0.15, 0.2) is 11.6 Å². The molecule has 4 nitrogen and oxygen atoms in total. The van der Waals surface area contributed by atoms with Crippen molar-refractivity contribution < 1.29 is 19.1 Å². The topological polar surface area (TPSA) is 52.6 Å². The average Bonchev–Trinajstić information content (AvgIpc) is 2.06. The Balaban J connectivity index is 3.41. The van der Waals surface area contributed by atoms with Gasteiger partial charge in [-0.2, -0.15) is 0 Å². The van der Waals surface area contributed by atoms with Gasteiger partial charge >= 0.3 is 0 Å². The van der Waals surface area contributed by atoms with Gasteiger partial charge in [0, 0.05) is 6.42 Å². The number of rotatable bonds is 7. The molecule has 0 radical (unpaired) electrons. The number of carbonyl (C=O) groups excluding carboxylic acids is 2. The van der Waals surface area contributed by atoms with E-state index in [0.29, 0.717) is 26.0 Å². The van der Waals surface area contributed by atoms with Crippen LogP contribution in [0.3, 0.4) is 0 Å². The van der Waals surface area contributed by atoms with Crippen molar-refractivity contribution in [2.24, 2.45) is 0 Å². The molecule has 4 heteroatoms. The molecule has 0 aliphatic heterocycles. The maximum absolute atomic E-state index is 9.73. The fourth-order valence-electron chi connectivity index (χ4n) is 0.600. The summed E-state index contributed by atoms with van der Waals surface area (Å²) in [5.74, 6) is 0. The van der Waals surface area contributed by atoms with E-state index in [9.17, 15) is 9.59 Å². The highest BCUT2D eigenvalue weighted by molar-refractivity contribution is 5.37. The molecule has 0 rings (SSSR count). The van der Waals surface area contributed by atoms with E-state index in [-0.39, 0.29) is 6.61 Å². The molecule has 0 spiro atoms. The number of ether oxygens (including phenoxy) is 2. The predicted octanol–water partition coefficient (Wildman–Crippen LogP) is 0.669.